The van der Waals surface area contributed by atoms with Gasteiger partial charge in [0.1, 0.15) is 5.82 Å². The minimum Gasteiger partial charge on any atom is -0.376 e. The van der Waals surface area contributed by atoms with Gasteiger partial charge >= 0.3 is 0 Å². The Kier molecular flexibility index (Phi) is 4.74. The fraction of sp³-hybridized carbons (Fsp3) is 0.133. The molecule has 0 atom stereocenters. The number of rotatable bonds is 4. The third kappa shape index (κ3) is 4.06. The number of halogens is 2. The third-order valence-corrected chi connectivity index (χ3v) is 3.63. The highest BCUT2D eigenvalue weighted by molar-refractivity contribution is 9.10. The van der Waals surface area contributed by atoms with Gasteiger partial charge in [-0.3, -0.25) is 4.79 Å². The van der Waals surface area contributed by atoms with Gasteiger partial charge in [0, 0.05) is 15.8 Å². The predicted octanol–water partition coefficient (Wildman–Crippen LogP) is 3.95. The second kappa shape index (κ2) is 6.52. The van der Waals surface area contributed by atoms with E-state index in [9.17, 15) is 9.18 Å². The van der Waals surface area contributed by atoms with E-state index >= 15 is 0 Å². The summed E-state index contributed by atoms with van der Waals surface area (Å²) in [5, 5.41) is 5.73. The van der Waals surface area contributed by atoms with Gasteiger partial charge < -0.3 is 10.6 Å². The van der Waals surface area contributed by atoms with Gasteiger partial charge in [0.05, 0.1) is 6.54 Å². The van der Waals surface area contributed by atoms with E-state index in [1.165, 1.54) is 24.3 Å². The lowest BCUT2D eigenvalue weighted by Gasteiger charge is -2.09. The van der Waals surface area contributed by atoms with Gasteiger partial charge in [0.2, 0.25) is 5.91 Å². The predicted molar refractivity (Wildman–Crippen MR) is 82.4 cm³/mol. The van der Waals surface area contributed by atoms with Crippen LogP contribution in [0.2, 0.25) is 0 Å². The molecular formula is C15H14BrFN2O. The molecule has 2 rings (SSSR count). The van der Waals surface area contributed by atoms with Gasteiger partial charge in [-0.05, 0) is 55.0 Å². The first-order valence-corrected chi connectivity index (χ1v) is 6.89. The Morgan fingerprint density at radius 2 is 1.80 bits per heavy atom. The summed E-state index contributed by atoms with van der Waals surface area (Å²) in [6, 6.07) is 11.4. The SMILES string of the molecule is Cc1cc(NCC(=O)Nc2ccc(F)cc2)ccc1Br. The van der Waals surface area contributed by atoms with Crippen molar-refractivity contribution in [3.8, 4) is 0 Å². The highest BCUT2D eigenvalue weighted by Crippen LogP contribution is 2.19. The van der Waals surface area contributed by atoms with Gasteiger partial charge in [0.15, 0.2) is 0 Å². The highest BCUT2D eigenvalue weighted by atomic mass is 79.9. The number of anilines is 2. The molecule has 0 aliphatic rings. The lowest BCUT2D eigenvalue weighted by molar-refractivity contribution is -0.114. The van der Waals surface area contributed by atoms with Crippen molar-refractivity contribution < 1.29 is 9.18 Å². The molecule has 0 aliphatic carbocycles. The number of benzene rings is 2. The highest BCUT2D eigenvalue weighted by Gasteiger charge is 2.03. The van der Waals surface area contributed by atoms with Crippen LogP contribution in [0.4, 0.5) is 15.8 Å². The zero-order chi connectivity index (χ0) is 14.5. The van der Waals surface area contributed by atoms with Crippen LogP contribution in [0, 0.1) is 12.7 Å². The molecule has 0 heterocycles. The Balaban J connectivity index is 1.88. The summed E-state index contributed by atoms with van der Waals surface area (Å²) >= 11 is 3.42. The van der Waals surface area contributed by atoms with E-state index in [0.717, 1.165) is 15.7 Å². The Bertz CT molecular complexity index is 614. The van der Waals surface area contributed by atoms with Crippen molar-refractivity contribution in [2.45, 2.75) is 6.92 Å². The molecular weight excluding hydrogens is 323 g/mol. The lowest BCUT2D eigenvalue weighted by atomic mass is 10.2. The smallest absolute Gasteiger partial charge is 0.243 e. The summed E-state index contributed by atoms with van der Waals surface area (Å²) in [4.78, 5) is 11.7. The fourth-order valence-electron chi connectivity index (χ4n) is 1.68. The normalized spacial score (nSPS) is 10.2. The quantitative estimate of drug-likeness (QED) is 0.887. The second-order valence-corrected chi connectivity index (χ2v) is 5.23. The zero-order valence-corrected chi connectivity index (χ0v) is 12.5. The summed E-state index contributed by atoms with van der Waals surface area (Å²) in [5.74, 6) is -0.511. The van der Waals surface area contributed by atoms with Crippen molar-refractivity contribution in [3.05, 3.63) is 58.3 Å². The summed E-state index contributed by atoms with van der Waals surface area (Å²) in [6.07, 6.45) is 0. The third-order valence-electron chi connectivity index (χ3n) is 2.74. The standard InChI is InChI=1S/C15H14BrFN2O/c1-10-8-13(6-7-14(10)16)18-9-15(20)19-12-4-2-11(17)3-5-12/h2-8,18H,9H2,1H3,(H,19,20). The molecule has 0 saturated heterocycles. The molecule has 1 amide bonds. The first-order valence-electron chi connectivity index (χ1n) is 6.10. The van der Waals surface area contributed by atoms with Crippen LogP contribution in [-0.2, 0) is 4.79 Å². The van der Waals surface area contributed by atoms with Crippen LogP contribution in [0.5, 0.6) is 0 Å². The number of carbonyl (C=O) groups is 1. The largest absolute Gasteiger partial charge is 0.376 e. The van der Waals surface area contributed by atoms with Crippen LogP contribution in [0.15, 0.2) is 46.9 Å². The number of amides is 1. The summed E-state index contributed by atoms with van der Waals surface area (Å²) < 4.78 is 13.8. The molecule has 0 aromatic heterocycles. The molecule has 104 valence electrons. The van der Waals surface area contributed by atoms with E-state index in [1.54, 1.807) is 0 Å². The average Bonchev–Trinajstić information content (AvgIpc) is 2.43. The van der Waals surface area contributed by atoms with Crippen LogP contribution in [-0.4, -0.2) is 12.5 Å². The summed E-state index contributed by atoms with van der Waals surface area (Å²) in [6.45, 7) is 2.13. The van der Waals surface area contributed by atoms with Gasteiger partial charge in [-0.1, -0.05) is 15.9 Å². The van der Waals surface area contributed by atoms with E-state index < -0.39 is 0 Å². The average molecular weight is 337 g/mol. The van der Waals surface area contributed by atoms with Crippen molar-refractivity contribution in [1.29, 1.82) is 0 Å². The maximum atomic E-state index is 12.7. The molecule has 0 saturated carbocycles. The molecule has 2 aromatic carbocycles. The zero-order valence-electron chi connectivity index (χ0n) is 10.9. The second-order valence-electron chi connectivity index (χ2n) is 4.37. The molecule has 0 fully saturated rings. The molecule has 0 radical (unpaired) electrons. The van der Waals surface area contributed by atoms with Crippen LogP contribution >= 0.6 is 15.9 Å². The Morgan fingerprint density at radius 3 is 2.45 bits per heavy atom. The van der Waals surface area contributed by atoms with Crippen molar-refractivity contribution in [2.75, 3.05) is 17.2 Å². The van der Waals surface area contributed by atoms with E-state index in [4.69, 9.17) is 0 Å². The first-order chi connectivity index (χ1) is 9.54. The molecule has 20 heavy (non-hydrogen) atoms. The van der Waals surface area contributed by atoms with Gasteiger partial charge in [0.25, 0.3) is 0 Å². The topological polar surface area (TPSA) is 41.1 Å². The van der Waals surface area contributed by atoms with Gasteiger partial charge in [-0.15, -0.1) is 0 Å². The minimum absolute atomic E-state index is 0.151. The number of hydrogen-bond acceptors (Lipinski definition) is 2. The van der Waals surface area contributed by atoms with E-state index in [0.29, 0.717) is 5.69 Å². The summed E-state index contributed by atoms with van der Waals surface area (Å²) in [7, 11) is 0. The van der Waals surface area contributed by atoms with Crippen molar-refractivity contribution >= 4 is 33.2 Å². The lowest BCUT2D eigenvalue weighted by Crippen LogP contribution is -2.21. The van der Waals surface area contributed by atoms with E-state index in [-0.39, 0.29) is 18.3 Å². The summed E-state index contributed by atoms with van der Waals surface area (Å²) in [5.41, 5.74) is 2.54. The fourth-order valence-corrected chi connectivity index (χ4v) is 1.92. The minimum atomic E-state index is -0.327. The van der Waals surface area contributed by atoms with Crippen LogP contribution < -0.4 is 10.6 Å². The van der Waals surface area contributed by atoms with Gasteiger partial charge in [-0.25, -0.2) is 4.39 Å². The Hall–Kier alpha value is -1.88. The molecule has 3 nitrogen and oxygen atoms in total. The maximum absolute atomic E-state index is 12.7. The van der Waals surface area contributed by atoms with Gasteiger partial charge in [-0.2, -0.15) is 0 Å². The monoisotopic (exact) mass is 336 g/mol. The molecule has 5 heteroatoms. The first kappa shape index (κ1) is 14.5. The molecule has 2 N–H and O–H groups in total. The van der Waals surface area contributed by atoms with Crippen molar-refractivity contribution in [2.24, 2.45) is 0 Å². The molecule has 0 bridgehead atoms. The number of aryl methyl sites for hydroxylation is 1. The number of nitrogens with one attached hydrogen (secondary N) is 2. The van der Waals surface area contributed by atoms with Crippen LogP contribution in [0.1, 0.15) is 5.56 Å². The van der Waals surface area contributed by atoms with Crippen LogP contribution in [0.3, 0.4) is 0 Å². The number of hydrogen-bond donors (Lipinski definition) is 2. The van der Waals surface area contributed by atoms with Crippen molar-refractivity contribution in [3.63, 3.8) is 0 Å². The molecule has 0 aliphatic heterocycles. The molecule has 0 spiro atoms. The molecule has 0 unspecified atom stereocenters. The number of carbonyl (C=O) groups excluding carboxylic acids is 1. The van der Waals surface area contributed by atoms with E-state index in [1.807, 2.05) is 25.1 Å². The Labute approximate surface area is 125 Å². The van der Waals surface area contributed by atoms with E-state index in [2.05, 4.69) is 26.6 Å². The Morgan fingerprint density at radius 1 is 1.15 bits per heavy atom. The molecule has 2 aromatic rings. The van der Waals surface area contributed by atoms with Crippen LogP contribution in [0.25, 0.3) is 0 Å². The van der Waals surface area contributed by atoms with Crippen molar-refractivity contribution in [1.82, 2.24) is 0 Å². The maximum Gasteiger partial charge on any atom is 0.243 e.